The van der Waals surface area contributed by atoms with Gasteiger partial charge in [-0.15, -0.1) is 0 Å². The third kappa shape index (κ3) is 2.93. The average Bonchev–Trinajstić information content (AvgIpc) is 2.36. The van der Waals surface area contributed by atoms with Gasteiger partial charge >= 0.3 is 5.69 Å². The van der Waals surface area contributed by atoms with Crippen molar-refractivity contribution in [3.05, 3.63) is 33.1 Å². The Morgan fingerprint density at radius 3 is 2.84 bits per heavy atom. The zero-order chi connectivity index (χ0) is 14.0. The van der Waals surface area contributed by atoms with Gasteiger partial charge in [-0.25, -0.2) is 4.79 Å². The van der Waals surface area contributed by atoms with E-state index in [9.17, 15) is 14.4 Å². The van der Waals surface area contributed by atoms with Gasteiger partial charge < -0.3 is 10.2 Å². The van der Waals surface area contributed by atoms with Crippen molar-refractivity contribution in [1.82, 2.24) is 19.8 Å². The predicted molar refractivity (Wildman–Crippen MR) is 70.0 cm³/mol. The SMILES string of the molecule is CC1NCCN(C(=O)Cn2ccc(=O)[nH]c2=O)C1C. The molecule has 2 unspecified atom stereocenters. The lowest BCUT2D eigenvalue weighted by molar-refractivity contribution is -0.135. The highest BCUT2D eigenvalue weighted by atomic mass is 16.2. The Labute approximate surface area is 110 Å². The highest BCUT2D eigenvalue weighted by Gasteiger charge is 2.27. The van der Waals surface area contributed by atoms with Gasteiger partial charge in [-0.05, 0) is 13.8 Å². The summed E-state index contributed by atoms with van der Waals surface area (Å²) < 4.78 is 1.21. The number of nitrogens with one attached hydrogen (secondary N) is 2. The van der Waals surface area contributed by atoms with E-state index in [2.05, 4.69) is 10.3 Å². The molecule has 19 heavy (non-hydrogen) atoms. The average molecular weight is 266 g/mol. The molecular weight excluding hydrogens is 248 g/mol. The number of nitrogens with zero attached hydrogens (tertiary/aromatic N) is 2. The zero-order valence-corrected chi connectivity index (χ0v) is 11.0. The van der Waals surface area contributed by atoms with Gasteiger partial charge in [-0.2, -0.15) is 0 Å². The maximum atomic E-state index is 12.2. The van der Waals surface area contributed by atoms with Crippen LogP contribution >= 0.6 is 0 Å². The summed E-state index contributed by atoms with van der Waals surface area (Å²) in [7, 11) is 0. The van der Waals surface area contributed by atoms with E-state index in [4.69, 9.17) is 0 Å². The second-order valence-corrected chi connectivity index (χ2v) is 4.81. The summed E-state index contributed by atoms with van der Waals surface area (Å²) in [6.07, 6.45) is 1.34. The van der Waals surface area contributed by atoms with Crippen LogP contribution in [0.2, 0.25) is 0 Å². The van der Waals surface area contributed by atoms with Crippen molar-refractivity contribution < 1.29 is 4.79 Å². The molecule has 0 bridgehead atoms. The second-order valence-electron chi connectivity index (χ2n) is 4.81. The molecule has 0 aliphatic carbocycles. The Morgan fingerprint density at radius 2 is 2.16 bits per heavy atom. The second kappa shape index (κ2) is 5.40. The fraction of sp³-hybridized carbons (Fsp3) is 0.583. The lowest BCUT2D eigenvalue weighted by atomic mass is 10.1. The normalized spacial score (nSPS) is 23.4. The first-order valence-electron chi connectivity index (χ1n) is 6.31. The predicted octanol–water partition coefficient (Wildman–Crippen LogP) is -1.25. The fourth-order valence-corrected chi connectivity index (χ4v) is 2.21. The van der Waals surface area contributed by atoms with Gasteiger partial charge in [-0.1, -0.05) is 0 Å². The Morgan fingerprint density at radius 1 is 1.42 bits per heavy atom. The van der Waals surface area contributed by atoms with Crippen molar-refractivity contribution in [2.24, 2.45) is 0 Å². The fourth-order valence-electron chi connectivity index (χ4n) is 2.21. The van der Waals surface area contributed by atoms with Crippen LogP contribution in [0.15, 0.2) is 21.9 Å². The minimum Gasteiger partial charge on any atom is -0.336 e. The molecule has 2 N–H and O–H groups in total. The van der Waals surface area contributed by atoms with Gasteiger partial charge in [0, 0.05) is 37.4 Å². The monoisotopic (exact) mass is 266 g/mol. The summed E-state index contributed by atoms with van der Waals surface area (Å²) in [6.45, 7) is 5.33. The van der Waals surface area contributed by atoms with E-state index in [1.165, 1.54) is 16.8 Å². The highest BCUT2D eigenvalue weighted by Crippen LogP contribution is 2.09. The number of rotatable bonds is 2. The molecule has 2 atom stereocenters. The standard InChI is InChI=1S/C12H18N4O3/c1-8-9(2)16(6-4-13-8)11(18)7-15-5-3-10(17)14-12(15)19/h3,5,8-9,13H,4,6-7H2,1-2H3,(H,14,17,19). The van der Waals surface area contributed by atoms with Gasteiger partial charge in [0.2, 0.25) is 5.91 Å². The highest BCUT2D eigenvalue weighted by molar-refractivity contribution is 5.76. The number of aromatic amines is 1. The third-order valence-electron chi connectivity index (χ3n) is 3.56. The van der Waals surface area contributed by atoms with E-state index in [-0.39, 0.29) is 24.5 Å². The molecule has 0 aromatic carbocycles. The van der Waals surface area contributed by atoms with E-state index in [0.29, 0.717) is 6.54 Å². The van der Waals surface area contributed by atoms with Crippen LogP contribution in [0.5, 0.6) is 0 Å². The van der Waals surface area contributed by atoms with Crippen molar-refractivity contribution in [2.75, 3.05) is 13.1 Å². The molecule has 2 heterocycles. The largest absolute Gasteiger partial charge is 0.336 e. The van der Waals surface area contributed by atoms with Crippen molar-refractivity contribution in [3.8, 4) is 0 Å². The molecular formula is C12H18N4O3. The summed E-state index contributed by atoms with van der Waals surface area (Å²) >= 11 is 0. The smallest absolute Gasteiger partial charge is 0.328 e. The quantitative estimate of drug-likeness (QED) is 0.700. The van der Waals surface area contributed by atoms with E-state index < -0.39 is 11.2 Å². The van der Waals surface area contributed by atoms with Gasteiger partial charge in [-0.3, -0.25) is 19.1 Å². The van der Waals surface area contributed by atoms with Crippen molar-refractivity contribution >= 4 is 5.91 Å². The summed E-state index contributed by atoms with van der Waals surface area (Å²) in [6, 6.07) is 1.54. The van der Waals surface area contributed by atoms with Gasteiger partial charge in [0.25, 0.3) is 5.56 Å². The van der Waals surface area contributed by atoms with Gasteiger partial charge in [0.1, 0.15) is 6.54 Å². The molecule has 1 aromatic rings. The maximum absolute atomic E-state index is 12.2. The zero-order valence-electron chi connectivity index (χ0n) is 11.0. The lowest BCUT2D eigenvalue weighted by Gasteiger charge is -2.38. The first-order valence-corrected chi connectivity index (χ1v) is 6.31. The molecule has 1 saturated heterocycles. The van der Waals surface area contributed by atoms with Crippen molar-refractivity contribution in [1.29, 1.82) is 0 Å². The molecule has 1 aromatic heterocycles. The summed E-state index contributed by atoms with van der Waals surface area (Å²) in [4.78, 5) is 38.6. The van der Waals surface area contributed by atoms with E-state index in [0.717, 1.165) is 6.54 Å². The first-order chi connectivity index (χ1) is 8.99. The molecule has 1 amide bonds. The number of H-pyrrole nitrogens is 1. The van der Waals surface area contributed by atoms with E-state index in [1.807, 2.05) is 13.8 Å². The van der Waals surface area contributed by atoms with E-state index in [1.54, 1.807) is 4.90 Å². The number of aromatic nitrogens is 2. The van der Waals surface area contributed by atoms with E-state index >= 15 is 0 Å². The van der Waals surface area contributed by atoms with Crippen molar-refractivity contribution in [3.63, 3.8) is 0 Å². The van der Waals surface area contributed by atoms with Gasteiger partial charge in [0.05, 0.1) is 0 Å². The molecule has 1 aliphatic rings. The minimum absolute atomic E-state index is 0.0489. The Balaban J connectivity index is 2.12. The minimum atomic E-state index is -0.559. The van der Waals surface area contributed by atoms with Crippen LogP contribution in [0.3, 0.4) is 0 Å². The first kappa shape index (κ1) is 13.5. The Bertz CT molecular complexity index is 577. The summed E-state index contributed by atoms with van der Waals surface area (Å²) in [5.41, 5.74) is -1.02. The van der Waals surface area contributed by atoms with Gasteiger partial charge in [0.15, 0.2) is 0 Å². The molecule has 0 radical (unpaired) electrons. The lowest BCUT2D eigenvalue weighted by Crippen LogP contribution is -2.58. The Hall–Kier alpha value is -1.89. The summed E-state index contributed by atoms with van der Waals surface area (Å²) in [5.74, 6) is -0.116. The maximum Gasteiger partial charge on any atom is 0.328 e. The number of carbonyl (C=O) groups excluding carboxylic acids is 1. The molecule has 7 nitrogen and oxygen atoms in total. The molecule has 104 valence electrons. The number of amides is 1. The number of carbonyl (C=O) groups is 1. The molecule has 7 heteroatoms. The van der Waals surface area contributed by atoms with Crippen LogP contribution in [0, 0.1) is 0 Å². The topological polar surface area (TPSA) is 87.2 Å². The number of piperazine rings is 1. The van der Waals surface area contributed by atoms with Crippen LogP contribution < -0.4 is 16.6 Å². The van der Waals surface area contributed by atoms with Crippen LogP contribution in [0.4, 0.5) is 0 Å². The van der Waals surface area contributed by atoms with Crippen LogP contribution in [-0.2, 0) is 11.3 Å². The van der Waals surface area contributed by atoms with Crippen LogP contribution in [0.1, 0.15) is 13.8 Å². The molecule has 2 rings (SSSR count). The molecule has 1 aliphatic heterocycles. The van der Waals surface area contributed by atoms with Crippen LogP contribution in [0.25, 0.3) is 0 Å². The number of hydrogen-bond donors (Lipinski definition) is 2. The third-order valence-corrected chi connectivity index (χ3v) is 3.56. The Kier molecular flexibility index (Phi) is 3.84. The summed E-state index contributed by atoms with van der Waals surface area (Å²) in [5, 5.41) is 3.29. The molecule has 0 saturated carbocycles. The van der Waals surface area contributed by atoms with Crippen LogP contribution in [-0.4, -0.2) is 45.5 Å². The number of hydrogen-bond acceptors (Lipinski definition) is 4. The van der Waals surface area contributed by atoms with Crippen molar-refractivity contribution in [2.45, 2.75) is 32.5 Å². The molecule has 0 spiro atoms. The molecule has 1 fully saturated rings.